The van der Waals surface area contributed by atoms with E-state index in [1.165, 1.54) is 53.2 Å². The number of amides is 1. The van der Waals surface area contributed by atoms with Crippen molar-refractivity contribution in [2.45, 2.75) is 4.90 Å². The largest absolute Gasteiger partial charge is 0.364 e. The minimum absolute atomic E-state index is 0.0370. The third kappa shape index (κ3) is 3.28. The molecule has 2 aromatic carbocycles. The second-order valence-electron chi connectivity index (χ2n) is 5.16. The predicted molar refractivity (Wildman–Crippen MR) is 87.7 cm³/mol. The number of nitrogens with zero attached hydrogens (tertiary/aromatic N) is 2. The molecule has 7 nitrogen and oxygen atoms in total. The summed E-state index contributed by atoms with van der Waals surface area (Å²) < 4.78 is 36.9. The lowest BCUT2D eigenvalue weighted by Gasteiger charge is -2.07. The predicted octanol–water partition coefficient (Wildman–Crippen LogP) is 1.22. The van der Waals surface area contributed by atoms with Crippen molar-refractivity contribution in [1.29, 1.82) is 0 Å². The Bertz CT molecular complexity index is 1040. The van der Waals surface area contributed by atoms with Crippen LogP contribution >= 0.6 is 0 Å². The van der Waals surface area contributed by atoms with Crippen LogP contribution in [0.1, 0.15) is 10.5 Å². The summed E-state index contributed by atoms with van der Waals surface area (Å²) >= 11 is 0. The first-order chi connectivity index (χ1) is 11.8. The molecule has 9 heteroatoms. The summed E-state index contributed by atoms with van der Waals surface area (Å²) in [5.74, 6) is -1.18. The van der Waals surface area contributed by atoms with Crippen LogP contribution in [-0.4, -0.2) is 24.1 Å². The molecule has 1 amide bonds. The zero-order valence-electron chi connectivity index (χ0n) is 12.7. The molecular weight excluding hydrogens is 347 g/mol. The minimum atomic E-state index is -3.83. The van der Waals surface area contributed by atoms with Crippen LogP contribution in [0.25, 0.3) is 16.8 Å². The highest BCUT2D eigenvalue weighted by Gasteiger charge is 2.19. The molecular formula is C16H12FN4O3S. The number of primary sulfonamides is 1. The second-order valence-corrected chi connectivity index (χ2v) is 6.72. The minimum Gasteiger partial charge on any atom is -0.364 e. The van der Waals surface area contributed by atoms with Crippen LogP contribution in [0.3, 0.4) is 0 Å². The van der Waals surface area contributed by atoms with Gasteiger partial charge in [0.25, 0.3) is 5.91 Å². The number of nitrogens with two attached hydrogens (primary N) is 2. The van der Waals surface area contributed by atoms with Crippen LogP contribution in [0, 0.1) is 12.0 Å². The summed E-state index contributed by atoms with van der Waals surface area (Å²) in [6, 6.07) is 10.9. The molecule has 0 atom stereocenters. The standard InChI is InChI=1S/C16H12FN4O3S/c17-11-3-1-10(2-4-11)14-9-20-21(15(14)16(18)22)12-5-7-13(8-6-12)25(19,23)24/h1-8H,(H2,18,22)(H2,19,23,24). The van der Waals surface area contributed by atoms with E-state index in [1.54, 1.807) is 0 Å². The fourth-order valence-corrected chi connectivity index (χ4v) is 2.83. The lowest BCUT2D eigenvalue weighted by molar-refractivity contribution is 0.0993. The summed E-state index contributed by atoms with van der Waals surface area (Å²) in [5.41, 5.74) is 6.71. The van der Waals surface area contributed by atoms with E-state index >= 15 is 0 Å². The van der Waals surface area contributed by atoms with Crippen molar-refractivity contribution in [3.63, 3.8) is 0 Å². The maximum atomic E-state index is 13.1. The van der Waals surface area contributed by atoms with Crippen LogP contribution in [-0.2, 0) is 10.0 Å². The molecule has 1 aromatic heterocycles. The van der Waals surface area contributed by atoms with Crippen LogP contribution < -0.4 is 10.9 Å². The van der Waals surface area contributed by atoms with Gasteiger partial charge < -0.3 is 5.73 Å². The fraction of sp³-hybridized carbons (Fsp3) is 0. The first-order valence-corrected chi connectivity index (χ1v) is 8.51. The zero-order chi connectivity index (χ0) is 18.2. The van der Waals surface area contributed by atoms with Gasteiger partial charge in [-0.25, -0.2) is 22.6 Å². The van der Waals surface area contributed by atoms with Gasteiger partial charge in [-0.15, -0.1) is 0 Å². The molecule has 4 N–H and O–H groups in total. The summed E-state index contributed by atoms with van der Waals surface area (Å²) in [7, 11) is -3.83. The van der Waals surface area contributed by atoms with Crippen LogP contribution in [0.15, 0.2) is 53.4 Å². The van der Waals surface area contributed by atoms with E-state index in [1.807, 2.05) is 0 Å². The molecule has 3 rings (SSSR count). The Labute approximate surface area is 142 Å². The third-order valence-electron chi connectivity index (χ3n) is 3.49. The molecule has 0 aliphatic rings. The average molecular weight is 359 g/mol. The molecule has 3 aromatic rings. The monoisotopic (exact) mass is 359 g/mol. The summed E-state index contributed by atoms with van der Waals surface area (Å²) in [6.45, 7) is 0. The summed E-state index contributed by atoms with van der Waals surface area (Å²) in [6.07, 6.45) is 2.68. The molecule has 25 heavy (non-hydrogen) atoms. The van der Waals surface area contributed by atoms with Crippen LogP contribution in [0.5, 0.6) is 0 Å². The van der Waals surface area contributed by atoms with Crippen molar-refractivity contribution in [3.05, 3.63) is 66.2 Å². The zero-order valence-corrected chi connectivity index (χ0v) is 13.5. The Hall–Kier alpha value is -3.04. The molecule has 0 saturated heterocycles. The maximum absolute atomic E-state index is 13.1. The number of hydrogen-bond donors (Lipinski definition) is 2. The lowest BCUT2D eigenvalue weighted by Crippen LogP contribution is -2.18. The number of sulfonamides is 1. The number of primary amides is 1. The van der Waals surface area contributed by atoms with E-state index in [2.05, 4.69) is 11.3 Å². The van der Waals surface area contributed by atoms with E-state index in [0.717, 1.165) is 0 Å². The smallest absolute Gasteiger partial charge is 0.268 e. The molecule has 127 valence electrons. The molecule has 0 spiro atoms. The van der Waals surface area contributed by atoms with Gasteiger partial charge in [0.1, 0.15) is 17.7 Å². The van der Waals surface area contributed by atoms with Crippen molar-refractivity contribution in [2.24, 2.45) is 10.9 Å². The van der Waals surface area contributed by atoms with Crippen molar-refractivity contribution in [2.75, 3.05) is 0 Å². The fourth-order valence-electron chi connectivity index (χ4n) is 2.32. The van der Waals surface area contributed by atoms with Crippen LogP contribution in [0.4, 0.5) is 4.39 Å². The van der Waals surface area contributed by atoms with E-state index < -0.39 is 21.7 Å². The number of carbonyl (C=O) groups excluding carboxylic acids is 1. The highest BCUT2D eigenvalue weighted by molar-refractivity contribution is 7.89. The molecule has 0 unspecified atom stereocenters. The Kier molecular flexibility index (Phi) is 4.11. The van der Waals surface area contributed by atoms with Crippen molar-refractivity contribution < 1.29 is 17.6 Å². The van der Waals surface area contributed by atoms with Gasteiger partial charge >= 0.3 is 0 Å². The maximum Gasteiger partial charge on any atom is 0.268 e. The Balaban J connectivity index is 2.11. The highest BCUT2D eigenvalue weighted by atomic mass is 32.2. The van der Waals surface area contributed by atoms with Crippen LogP contribution in [0.2, 0.25) is 0 Å². The molecule has 0 bridgehead atoms. The average Bonchev–Trinajstić information content (AvgIpc) is 3.00. The summed E-state index contributed by atoms with van der Waals surface area (Å²) in [5, 5.41) is 9.07. The number of rotatable bonds is 4. The van der Waals surface area contributed by atoms with Crippen molar-refractivity contribution >= 4 is 15.9 Å². The Morgan fingerprint density at radius 3 is 2.20 bits per heavy atom. The molecule has 1 radical (unpaired) electrons. The molecule has 0 aliphatic heterocycles. The topological polar surface area (TPSA) is 121 Å². The van der Waals surface area contributed by atoms with Gasteiger partial charge in [0.15, 0.2) is 0 Å². The Morgan fingerprint density at radius 1 is 1.08 bits per heavy atom. The van der Waals surface area contributed by atoms with Crippen molar-refractivity contribution in [1.82, 2.24) is 9.78 Å². The highest BCUT2D eigenvalue weighted by Crippen LogP contribution is 2.25. The van der Waals surface area contributed by atoms with Gasteiger partial charge in [-0.2, -0.15) is 5.10 Å². The van der Waals surface area contributed by atoms with Crippen molar-refractivity contribution in [3.8, 4) is 16.8 Å². The number of aromatic nitrogens is 2. The molecule has 0 aliphatic carbocycles. The molecule has 1 heterocycles. The normalized spacial score (nSPS) is 11.4. The lowest BCUT2D eigenvalue weighted by atomic mass is 10.1. The number of benzene rings is 2. The first kappa shape index (κ1) is 16.8. The van der Waals surface area contributed by atoms with E-state index in [-0.39, 0.29) is 10.6 Å². The van der Waals surface area contributed by atoms with E-state index in [0.29, 0.717) is 16.8 Å². The van der Waals surface area contributed by atoms with Gasteiger partial charge in [0.2, 0.25) is 10.0 Å². The third-order valence-corrected chi connectivity index (χ3v) is 4.42. The van der Waals surface area contributed by atoms with Gasteiger partial charge in [-0.3, -0.25) is 4.79 Å². The second kappa shape index (κ2) is 6.11. The molecule has 0 saturated carbocycles. The Morgan fingerprint density at radius 2 is 1.68 bits per heavy atom. The first-order valence-electron chi connectivity index (χ1n) is 6.97. The summed E-state index contributed by atoms with van der Waals surface area (Å²) in [4.78, 5) is 11.8. The van der Waals surface area contributed by atoms with Gasteiger partial charge in [0, 0.05) is 5.56 Å². The van der Waals surface area contributed by atoms with Gasteiger partial charge in [-0.1, -0.05) is 12.1 Å². The number of carbonyl (C=O) groups is 1. The van der Waals surface area contributed by atoms with Gasteiger partial charge in [0.05, 0.1) is 10.6 Å². The number of hydrogen-bond acceptors (Lipinski definition) is 4. The van der Waals surface area contributed by atoms with Gasteiger partial charge in [-0.05, 0) is 42.0 Å². The van der Waals surface area contributed by atoms with E-state index in [4.69, 9.17) is 10.9 Å². The number of halogens is 1. The quantitative estimate of drug-likeness (QED) is 0.727. The molecule has 0 fully saturated rings. The SMILES string of the molecule is NC(=O)c1c(-c2ccc(F)cc2)[c]nn1-c1ccc(S(N)(=O)=O)cc1. The van der Waals surface area contributed by atoms with E-state index in [9.17, 15) is 17.6 Å².